The Bertz CT molecular complexity index is 651. The maximum absolute atomic E-state index is 10.5. The fraction of sp³-hybridized carbons (Fsp3) is 0.800. The topological polar surface area (TPSA) is 79.7 Å². The van der Waals surface area contributed by atoms with Crippen molar-refractivity contribution in [2.75, 3.05) is 55.5 Å². The smallest absolute Gasteiger partial charge is 0.253 e. The van der Waals surface area contributed by atoms with Crippen LogP contribution in [0, 0.1) is 5.92 Å². The molecule has 28 heavy (non-hydrogen) atoms. The Morgan fingerprint density at radius 1 is 1.11 bits per heavy atom. The number of hydrogen-bond acceptors (Lipinski definition) is 7. The maximum Gasteiger partial charge on any atom is 0.253 e. The summed E-state index contributed by atoms with van der Waals surface area (Å²) in [6, 6.07) is 0.357. The van der Waals surface area contributed by atoms with E-state index < -0.39 is 11.2 Å². The van der Waals surface area contributed by atoms with Crippen LogP contribution < -0.4 is 10.2 Å². The van der Waals surface area contributed by atoms with Crippen LogP contribution in [0.25, 0.3) is 0 Å². The minimum absolute atomic E-state index is 0.357. The number of rotatable bonds is 7. The Hall–Kier alpha value is -1.09. The number of hydrogen-bond donors (Lipinski definition) is 2. The van der Waals surface area contributed by atoms with E-state index in [1.807, 2.05) is 0 Å². The molecule has 1 unspecified atom stereocenters. The van der Waals surface area contributed by atoms with Crippen LogP contribution in [0.4, 0.5) is 11.8 Å². The van der Waals surface area contributed by atoms with Crippen molar-refractivity contribution in [3.63, 3.8) is 0 Å². The summed E-state index contributed by atoms with van der Waals surface area (Å²) in [5.74, 6) is 3.16. The van der Waals surface area contributed by atoms with Crippen LogP contribution in [0.3, 0.4) is 0 Å². The molecule has 2 fully saturated rings. The summed E-state index contributed by atoms with van der Waals surface area (Å²) in [6.07, 6.45) is 6.28. The molecular weight excluding hydrogens is 376 g/mol. The molecular formula is C20H33N4O3S+. The molecule has 4 rings (SSSR count). The highest BCUT2D eigenvalue weighted by molar-refractivity contribution is 7.92. The van der Waals surface area contributed by atoms with E-state index in [4.69, 9.17) is 19.4 Å². The molecule has 3 aliphatic heterocycles. The predicted octanol–water partition coefficient (Wildman–Crippen LogP) is 2.72. The van der Waals surface area contributed by atoms with Crippen LogP contribution in [-0.4, -0.2) is 65.8 Å². The number of ether oxygens (including phenoxy) is 2. The third kappa shape index (κ3) is 4.72. The fourth-order valence-electron chi connectivity index (χ4n) is 4.24. The van der Waals surface area contributed by atoms with Gasteiger partial charge in [0.05, 0.1) is 0 Å². The van der Waals surface area contributed by atoms with E-state index in [0.29, 0.717) is 6.04 Å². The molecule has 0 aliphatic carbocycles. The van der Waals surface area contributed by atoms with Crippen molar-refractivity contribution in [1.82, 2.24) is 9.97 Å². The molecule has 1 aromatic rings. The van der Waals surface area contributed by atoms with Gasteiger partial charge in [-0.1, -0.05) is 0 Å². The molecule has 0 radical (unpaired) electrons. The summed E-state index contributed by atoms with van der Waals surface area (Å²) in [6.45, 7) is 7.39. The van der Waals surface area contributed by atoms with Gasteiger partial charge in [-0.25, -0.2) is 4.98 Å². The number of nitrogens with zero attached hydrogens (tertiary/aromatic N) is 3. The molecule has 3 aliphatic rings. The monoisotopic (exact) mass is 409 g/mol. The lowest BCUT2D eigenvalue weighted by molar-refractivity contribution is 0.0645. The van der Waals surface area contributed by atoms with Gasteiger partial charge in [-0.2, -0.15) is 9.54 Å². The van der Waals surface area contributed by atoms with E-state index in [2.05, 4.69) is 17.1 Å². The zero-order valence-corrected chi connectivity index (χ0v) is 17.7. The highest BCUT2D eigenvalue weighted by atomic mass is 32.2. The first-order chi connectivity index (χ1) is 13.7. The van der Waals surface area contributed by atoms with Gasteiger partial charge < -0.3 is 19.7 Å². The first-order valence-corrected chi connectivity index (χ1v) is 12.1. The summed E-state index contributed by atoms with van der Waals surface area (Å²) < 4.78 is 21.5. The Morgan fingerprint density at radius 3 is 2.54 bits per heavy atom. The quantitative estimate of drug-likeness (QED) is 0.670. The molecule has 0 bridgehead atoms. The zero-order valence-electron chi connectivity index (χ0n) is 16.9. The lowest BCUT2D eigenvalue weighted by Crippen LogP contribution is -2.31. The maximum atomic E-state index is 10.5. The highest BCUT2D eigenvalue weighted by Crippen LogP contribution is 2.33. The summed E-state index contributed by atoms with van der Waals surface area (Å²) in [7, 11) is 0. The van der Waals surface area contributed by atoms with E-state index in [9.17, 15) is 4.55 Å². The summed E-state index contributed by atoms with van der Waals surface area (Å²) in [5.41, 5.74) is 1.02. The molecule has 0 amide bonds. The zero-order chi connectivity index (χ0) is 19.3. The van der Waals surface area contributed by atoms with Crippen molar-refractivity contribution in [1.29, 1.82) is 0 Å². The van der Waals surface area contributed by atoms with E-state index in [-0.39, 0.29) is 0 Å². The largest absolute Gasteiger partial charge is 0.381 e. The minimum atomic E-state index is -0.746. The Morgan fingerprint density at radius 2 is 1.82 bits per heavy atom. The molecule has 0 saturated carbocycles. The van der Waals surface area contributed by atoms with Crippen molar-refractivity contribution in [3.05, 3.63) is 5.69 Å². The van der Waals surface area contributed by atoms with E-state index in [1.165, 1.54) is 0 Å². The molecule has 0 aromatic carbocycles. The van der Waals surface area contributed by atoms with Gasteiger partial charge in [-0.3, -0.25) is 0 Å². The lowest BCUT2D eigenvalue weighted by atomic mass is 9.96. The molecule has 1 atom stereocenters. The van der Waals surface area contributed by atoms with Crippen molar-refractivity contribution in [3.8, 4) is 0 Å². The van der Waals surface area contributed by atoms with Crippen LogP contribution in [-0.2, 0) is 27.1 Å². The molecule has 2 N–H and O–H groups in total. The second-order valence-corrected chi connectivity index (χ2v) is 9.47. The van der Waals surface area contributed by atoms with Crippen LogP contribution in [0.15, 0.2) is 4.90 Å². The van der Waals surface area contributed by atoms with Gasteiger partial charge in [0.25, 0.3) is 4.90 Å². The third-order valence-corrected chi connectivity index (χ3v) is 7.56. The second-order valence-electron chi connectivity index (χ2n) is 7.92. The average Bonchev–Trinajstić information content (AvgIpc) is 3.11. The van der Waals surface area contributed by atoms with Gasteiger partial charge in [-0.05, 0) is 44.9 Å². The van der Waals surface area contributed by atoms with Crippen molar-refractivity contribution in [2.45, 2.75) is 56.4 Å². The van der Waals surface area contributed by atoms with Crippen molar-refractivity contribution in [2.24, 2.45) is 5.92 Å². The van der Waals surface area contributed by atoms with Crippen LogP contribution in [0.5, 0.6) is 0 Å². The molecule has 2 saturated heterocycles. The Labute approximate surface area is 170 Å². The number of fused-ring (bicyclic) bond motifs is 1. The Kier molecular flexibility index (Phi) is 6.93. The third-order valence-electron chi connectivity index (χ3n) is 6.07. The fourth-order valence-corrected chi connectivity index (χ4v) is 5.58. The normalized spacial score (nSPS) is 23.6. The minimum Gasteiger partial charge on any atom is -0.381 e. The van der Waals surface area contributed by atoms with Crippen molar-refractivity contribution < 1.29 is 14.0 Å². The molecule has 1 aromatic heterocycles. The number of anilines is 2. The summed E-state index contributed by atoms with van der Waals surface area (Å²) >= 11 is -0.746. The molecule has 156 valence electrons. The van der Waals surface area contributed by atoms with Gasteiger partial charge in [0.2, 0.25) is 5.95 Å². The van der Waals surface area contributed by atoms with Gasteiger partial charge in [0.1, 0.15) is 5.69 Å². The first kappa shape index (κ1) is 20.2. The van der Waals surface area contributed by atoms with Gasteiger partial charge in [0, 0.05) is 52.0 Å². The molecule has 4 heterocycles. The molecule has 8 heteroatoms. The van der Waals surface area contributed by atoms with Gasteiger partial charge in [-0.15, -0.1) is 0 Å². The van der Waals surface area contributed by atoms with Gasteiger partial charge >= 0.3 is 0 Å². The first-order valence-electron chi connectivity index (χ1n) is 10.7. The van der Waals surface area contributed by atoms with E-state index in [1.54, 1.807) is 0 Å². The predicted molar refractivity (Wildman–Crippen MR) is 112 cm³/mol. The second kappa shape index (κ2) is 9.61. The molecule has 7 nitrogen and oxygen atoms in total. The van der Waals surface area contributed by atoms with E-state index in [0.717, 1.165) is 112 Å². The van der Waals surface area contributed by atoms with Crippen LogP contribution >= 0.6 is 0 Å². The lowest BCUT2D eigenvalue weighted by Gasteiger charge is -2.27. The van der Waals surface area contributed by atoms with Crippen molar-refractivity contribution >= 4 is 22.9 Å². The van der Waals surface area contributed by atoms with E-state index >= 15 is 0 Å². The standard InChI is InChI=1S/C20H33N4O3S/c1-2-24(9-3-15-4-10-26-11-5-15)20-22-17-8-14-28(25)18(17)19(23-20)21-16-6-12-27-13-7-16/h15-16,25H,2-14H2,1H3,(H,21,22,23)/q+1. The number of nitrogens with one attached hydrogen (secondary N) is 1. The number of aromatic nitrogens is 2. The highest BCUT2D eigenvalue weighted by Gasteiger charge is 2.39. The summed E-state index contributed by atoms with van der Waals surface area (Å²) in [4.78, 5) is 13.0. The van der Waals surface area contributed by atoms with Crippen LogP contribution in [0.1, 0.15) is 44.7 Å². The average molecular weight is 410 g/mol. The number of aryl methyl sites for hydroxylation is 1. The van der Waals surface area contributed by atoms with Crippen LogP contribution in [0.2, 0.25) is 0 Å². The summed E-state index contributed by atoms with van der Waals surface area (Å²) in [5, 5.41) is 3.61. The SMILES string of the molecule is CCN(CCC1CCOCC1)c1nc2c(c(NC3CCOCC3)n1)[S+](O)CC2. The van der Waals surface area contributed by atoms with Gasteiger partial charge in [0.15, 0.2) is 22.7 Å². The Balaban J connectivity index is 1.51. The molecule has 0 spiro atoms.